The first-order chi connectivity index (χ1) is 22.4. The molecule has 0 bridgehead atoms. The van der Waals surface area contributed by atoms with Crippen LogP contribution in [0.3, 0.4) is 0 Å². The Balaban J connectivity index is 1.62. The van der Waals surface area contributed by atoms with Crippen LogP contribution in [0.5, 0.6) is 0 Å². The fourth-order valence-corrected chi connectivity index (χ4v) is 10.4. The number of nitrogens with zero attached hydrogens (tertiary/aromatic N) is 2. The van der Waals surface area contributed by atoms with Crippen LogP contribution in [0.25, 0.3) is 11.3 Å². The number of hydrogen-bond acceptors (Lipinski definition) is 3. The molecule has 2 aromatic rings. The van der Waals surface area contributed by atoms with Crippen LogP contribution in [-0.4, -0.2) is 33.6 Å². The van der Waals surface area contributed by atoms with Crippen molar-refractivity contribution in [3.8, 4) is 11.3 Å². The van der Waals surface area contributed by atoms with Gasteiger partial charge >= 0.3 is 0 Å². The van der Waals surface area contributed by atoms with Crippen LogP contribution in [0.1, 0.15) is 103 Å². The molecule has 3 aliphatic rings. The summed E-state index contributed by atoms with van der Waals surface area (Å²) in [6.45, 7) is 28.7. The van der Waals surface area contributed by atoms with E-state index in [2.05, 4.69) is 100 Å². The zero-order valence-electron chi connectivity index (χ0n) is 31.0. The summed E-state index contributed by atoms with van der Waals surface area (Å²) in [7, 11) is 0.253. The zero-order chi connectivity index (χ0) is 34.0. The molecular weight excluding hydrogens is 591 g/mol. The number of fused-ring (bicyclic) bond motifs is 6. The summed E-state index contributed by atoms with van der Waals surface area (Å²) in [5, 5.41) is 4.81. The lowest BCUT2D eigenvalue weighted by Gasteiger charge is -2.36. The van der Waals surface area contributed by atoms with Crippen LogP contribution in [-0.2, 0) is 11.2 Å². The van der Waals surface area contributed by atoms with Gasteiger partial charge in [-0.15, -0.1) is 0 Å². The van der Waals surface area contributed by atoms with Gasteiger partial charge < -0.3 is 4.74 Å². The standard InChI is InChI=1S/C42H62N3OSi/c1-12-32-20-18-27(3)33(22-32)23-34-24-39-36-17-15-14-16-35(36)37-21-19-28(4)41(30(6)46-31(7)43-8)38(13-2)44-25-29(5)42(37)45(39)26-40(34)47(9,10)11/h14-17,24,26-27,31-33,37,42-43H,5-6,12-13,18-23,25H2,1-4,7-11H3/q+1/b41-28?,44-38-. The van der Waals surface area contributed by atoms with Gasteiger partial charge in [-0.2, -0.15) is 4.57 Å². The summed E-state index contributed by atoms with van der Waals surface area (Å²) in [4.78, 5) is 5.27. The topological polar surface area (TPSA) is 37.5 Å². The van der Waals surface area contributed by atoms with E-state index in [9.17, 15) is 0 Å². The number of pyridine rings is 1. The predicted molar refractivity (Wildman–Crippen MR) is 203 cm³/mol. The largest absolute Gasteiger partial charge is 0.476 e. The average Bonchev–Trinajstić information content (AvgIpc) is 3.04. The Labute approximate surface area is 287 Å². The summed E-state index contributed by atoms with van der Waals surface area (Å²) in [5.41, 5.74) is 10.5. The fourth-order valence-electron chi connectivity index (χ4n) is 8.69. The van der Waals surface area contributed by atoms with Gasteiger partial charge in [-0.3, -0.25) is 10.3 Å². The number of hydrogen-bond donors (Lipinski definition) is 1. The summed E-state index contributed by atoms with van der Waals surface area (Å²) < 4.78 is 8.85. The Bertz CT molecular complexity index is 1550. The molecule has 2 aliphatic heterocycles. The van der Waals surface area contributed by atoms with Crippen molar-refractivity contribution >= 4 is 19.0 Å². The Morgan fingerprint density at radius 2 is 1.89 bits per heavy atom. The normalized spacial score (nSPS) is 26.8. The van der Waals surface area contributed by atoms with Crippen LogP contribution >= 0.6 is 0 Å². The molecule has 0 spiro atoms. The lowest BCUT2D eigenvalue weighted by atomic mass is 9.71. The number of nitrogens with one attached hydrogen (secondary N) is 1. The highest BCUT2D eigenvalue weighted by atomic mass is 28.3. The number of benzene rings is 1. The fraction of sp³-hybridized carbons (Fsp3) is 0.571. The van der Waals surface area contributed by atoms with E-state index in [-0.39, 0.29) is 12.3 Å². The summed E-state index contributed by atoms with van der Waals surface area (Å²) >= 11 is 0. The highest BCUT2D eigenvalue weighted by molar-refractivity contribution is 6.89. The number of ether oxygens (including phenoxy) is 1. The molecule has 0 radical (unpaired) electrons. The molecule has 1 saturated carbocycles. The number of aliphatic imine (C=N–C) groups is 1. The molecular formula is C42H62N3OSi+. The van der Waals surface area contributed by atoms with Gasteiger partial charge in [0.1, 0.15) is 12.0 Å². The van der Waals surface area contributed by atoms with Crippen molar-refractivity contribution in [1.82, 2.24) is 5.32 Å². The second kappa shape index (κ2) is 14.8. The second-order valence-electron chi connectivity index (χ2n) is 15.9. The Morgan fingerprint density at radius 3 is 2.57 bits per heavy atom. The van der Waals surface area contributed by atoms with Crippen molar-refractivity contribution in [2.24, 2.45) is 22.7 Å². The Hall–Kier alpha value is -2.76. The van der Waals surface area contributed by atoms with Gasteiger partial charge in [0.25, 0.3) is 0 Å². The highest BCUT2D eigenvalue weighted by Crippen LogP contribution is 2.45. The van der Waals surface area contributed by atoms with E-state index in [0.717, 1.165) is 48.3 Å². The van der Waals surface area contributed by atoms with Gasteiger partial charge in [0.15, 0.2) is 12.2 Å². The van der Waals surface area contributed by atoms with Crippen LogP contribution in [0.2, 0.25) is 19.6 Å². The smallest absolute Gasteiger partial charge is 0.213 e. The van der Waals surface area contributed by atoms with Crippen molar-refractivity contribution in [3.63, 3.8) is 0 Å². The molecule has 47 heavy (non-hydrogen) atoms. The van der Waals surface area contributed by atoms with Gasteiger partial charge in [0, 0.05) is 33.7 Å². The van der Waals surface area contributed by atoms with Crippen LogP contribution < -0.4 is 15.1 Å². The molecule has 254 valence electrons. The Kier molecular flexibility index (Phi) is 11.2. The molecule has 1 fully saturated rings. The molecule has 6 unspecified atom stereocenters. The van der Waals surface area contributed by atoms with E-state index in [1.807, 2.05) is 14.0 Å². The first-order valence-electron chi connectivity index (χ1n) is 18.5. The molecule has 5 heteroatoms. The molecule has 1 aromatic heterocycles. The lowest BCUT2D eigenvalue weighted by molar-refractivity contribution is -0.708. The molecule has 0 amide bonds. The number of rotatable bonds is 9. The van der Waals surface area contributed by atoms with Gasteiger partial charge in [-0.1, -0.05) is 96.6 Å². The average molecular weight is 653 g/mol. The molecule has 4 nitrogen and oxygen atoms in total. The van der Waals surface area contributed by atoms with Crippen LogP contribution in [0.4, 0.5) is 0 Å². The van der Waals surface area contributed by atoms with E-state index >= 15 is 0 Å². The monoisotopic (exact) mass is 652 g/mol. The molecule has 1 aliphatic carbocycles. The van der Waals surface area contributed by atoms with E-state index in [0.29, 0.717) is 18.2 Å². The minimum Gasteiger partial charge on any atom is -0.476 e. The maximum absolute atomic E-state index is 6.21. The van der Waals surface area contributed by atoms with Crippen LogP contribution in [0, 0.1) is 17.8 Å². The van der Waals surface area contributed by atoms with Gasteiger partial charge in [0.05, 0.1) is 20.5 Å². The van der Waals surface area contributed by atoms with Crippen molar-refractivity contribution in [1.29, 1.82) is 0 Å². The predicted octanol–water partition coefficient (Wildman–Crippen LogP) is 9.44. The minimum absolute atomic E-state index is 0.117. The van der Waals surface area contributed by atoms with Gasteiger partial charge in [-0.25, -0.2) is 0 Å². The maximum Gasteiger partial charge on any atom is 0.213 e. The first-order valence-corrected chi connectivity index (χ1v) is 22.0. The van der Waals surface area contributed by atoms with E-state index in [1.54, 1.807) is 10.8 Å². The molecule has 1 aromatic carbocycles. The Morgan fingerprint density at radius 1 is 1.15 bits per heavy atom. The van der Waals surface area contributed by atoms with Crippen molar-refractivity contribution in [3.05, 3.63) is 83.3 Å². The van der Waals surface area contributed by atoms with E-state index < -0.39 is 8.07 Å². The highest BCUT2D eigenvalue weighted by Gasteiger charge is 2.43. The molecule has 1 N–H and O–H groups in total. The van der Waals surface area contributed by atoms with Gasteiger partial charge in [-0.05, 0) is 87.9 Å². The molecule has 3 heterocycles. The number of aromatic nitrogens is 1. The van der Waals surface area contributed by atoms with E-state index in [1.165, 1.54) is 60.1 Å². The summed E-state index contributed by atoms with van der Waals surface area (Å²) in [6.07, 6.45) is 12.0. The van der Waals surface area contributed by atoms with E-state index in [4.69, 9.17) is 16.3 Å². The molecule has 0 saturated heterocycles. The van der Waals surface area contributed by atoms with Crippen molar-refractivity contribution < 1.29 is 9.30 Å². The third-order valence-corrected chi connectivity index (χ3v) is 13.7. The van der Waals surface area contributed by atoms with Crippen molar-refractivity contribution in [2.45, 2.75) is 124 Å². The third kappa shape index (κ3) is 7.47. The van der Waals surface area contributed by atoms with Gasteiger partial charge in [0.2, 0.25) is 5.69 Å². The van der Waals surface area contributed by atoms with Crippen molar-refractivity contribution in [2.75, 3.05) is 13.6 Å². The number of allylic oxidation sites excluding steroid dienone is 2. The minimum atomic E-state index is -1.66. The lowest BCUT2D eigenvalue weighted by Crippen LogP contribution is -2.54. The quantitative estimate of drug-likeness (QED) is 0.0964. The SMILES string of the molecule is C=C(OC(C)NC)C1=C(C)CCC2c3ccccc3-c3cc(CC4CC(CC)CCC4C)c([Si](C)(C)C)c[n+]3C2C(=C)C/N=C\1CC. The second-order valence-corrected chi connectivity index (χ2v) is 20.9. The maximum atomic E-state index is 6.21. The van der Waals surface area contributed by atoms with Crippen LogP contribution in [0.15, 0.2) is 77.2 Å². The molecule has 5 rings (SSSR count). The first kappa shape index (κ1) is 35.5. The third-order valence-electron chi connectivity index (χ3n) is 11.6. The summed E-state index contributed by atoms with van der Waals surface area (Å²) in [6, 6.07) is 12.0. The zero-order valence-corrected chi connectivity index (χ0v) is 32.0. The molecule has 6 atom stereocenters. The summed E-state index contributed by atoms with van der Waals surface area (Å²) in [5.74, 6) is 3.47.